The summed E-state index contributed by atoms with van der Waals surface area (Å²) in [5.41, 5.74) is 4.18. The van der Waals surface area contributed by atoms with Gasteiger partial charge in [0.15, 0.2) is 6.61 Å². The maximum atomic E-state index is 11.6. The van der Waals surface area contributed by atoms with E-state index in [0.29, 0.717) is 10.8 Å². The van der Waals surface area contributed by atoms with E-state index >= 15 is 0 Å². The number of rotatable bonds is 4. The third kappa shape index (κ3) is 5.21. The Morgan fingerprint density at radius 1 is 1.40 bits per heavy atom. The highest BCUT2D eigenvalue weighted by molar-refractivity contribution is 6.31. The second-order valence-corrected chi connectivity index (χ2v) is 6.09. The van der Waals surface area contributed by atoms with Crippen LogP contribution in [0.5, 0.6) is 5.75 Å². The molecule has 0 saturated heterocycles. The molecule has 0 saturated carbocycles. The molecule has 1 N–H and O–H groups in total. The molecule has 20 heavy (non-hydrogen) atoms. The van der Waals surface area contributed by atoms with Crippen LogP contribution < -0.4 is 10.2 Å². The van der Waals surface area contributed by atoms with Gasteiger partial charge >= 0.3 is 0 Å². The number of carbonyl (C=O) groups excluding carboxylic acids is 1. The van der Waals surface area contributed by atoms with E-state index in [1.54, 1.807) is 18.2 Å². The normalized spacial score (nSPS) is 12.2. The molecule has 1 amide bonds. The molecule has 0 bridgehead atoms. The van der Waals surface area contributed by atoms with Crippen molar-refractivity contribution in [3.8, 4) is 5.75 Å². The Morgan fingerprint density at radius 2 is 2.05 bits per heavy atom. The molecule has 0 aromatic heterocycles. The molecule has 0 spiro atoms. The molecule has 0 heterocycles. The quantitative estimate of drug-likeness (QED) is 0.682. The Kier molecular flexibility index (Phi) is 5.57. The van der Waals surface area contributed by atoms with Crippen LogP contribution in [0.1, 0.15) is 33.3 Å². The maximum Gasteiger partial charge on any atom is 0.277 e. The molecular formula is C15H21ClN2O2. The highest BCUT2D eigenvalue weighted by atomic mass is 35.5. The number of hydrogen-bond donors (Lipinski definition) is 1. The van der Waals surface area contributed by atoms with E-state index in [1.807, 2.05) is 34.6 Å². The second-order valence-electron chi connectivity index (χ2n) is 5.68. The van der Waals surface area contributed by atoms with E-state index in [2.05, 4.69) is 10.5 Å². The largest absolute Gasteiger partial charge is 0.484 e. The first-order chi connectivity index (χ1) is 9.20. The first-order valence-corrected chi connectivity index (χ1v) is 6.80. The van der Waals surface area contributed by atoms with Crippen LogP contribution in [0.4, 0.5) is 0 Å². The van der Waals surface area contributed by atoms with E-state index in [9.17, 15) is 4.79 Å². The second kappa shape index (κ2) is 6.75. The third-order valence-electron chi connectivity index (χ3n) is 2.93. The predicted octanol–water partition coefficient (Wildman–Crippen LogP) is 3.57. The average Bonchev–Trinajstić information content (AvgIpc) is 2.36. The summed E-state index contributed by atoms with van der Waals surface area (Å²) < 4.78 is 5.38. The maximum absolute atomic E-state index is 11.6. The van der Waals surface area contributed by atoms with Crippen molar-refractivity contribution < 1.29 is 9.53 Å². The zero-order valence-corrected chi connectivity index (χ0v) is 13.3. The Bertz CT molecular complexity index is 519. The average molecular weight is 297 g/mol. The molecule has 0 radical (unpaired) electrons. The van der Waals surface area contributed by atoms with Crippen LogP contribution in [0, 0.1) is 12.3 Å². The summed E-state index contributed by atoms with van der Waals surface area (Å²) in [7, 11) is 0. The van der Waals surface area contributed by atoms with E-state index < -0.39 is 0 Å². The van der Waals surface area contributed by atoms with Crippen molar-refractivity contribution >= 4 is 23.2 Å². The summed E-state index contributed by atoms with van der Waals surface area (Å²) in [6.45, 7) is 9.78. The van der Waals surface area contributed by atoms with Crippen molar-refractivity contribution in [3.05, 3.63) is 28.8 Å². The topological polar surface area (TPSA) is 50.7 Å². The van der Waals surface area contributed by atoms with Crippen LogP contribution in [-0.2, 0) is 4.79 Å². The summed E-state index contributed by atoms with van der Waals surface area (Å²) >= 11 is 5.92. The van der Waals surface area contributed by atoms with E-state index in [1.165, 1.54) is 0 Å². The molecule has 5 heteroatoms. The fraction of sp³-hybridized carbons (Fsp3) is 0.467. The summed E-state index contributed by atoms with van der Waals surface area (Å²) in [6, 6.07) is 5.26. The lowest BCUT2D eigenvalue weighted by molar-refractivity contribution is -0.123. The number of nitrogens with one attached hydrogen (secondary N) is 1. The molecule has 1 aromatic rings. The van der Waals surface area contributed by atoms with E-state index in [0.717, 1.165) is 11.3 Å². The number of aryl methyl sites for hydroxylation is 1. The van der Waals surface area contributed by atoms with Gasteiger partial charge in [0.05, 0.1) is 0 Å². The lowest BCUT2D eigenvalue weighted by atomic mass is 9.91. The highest BCUT2D eigenvalue weighted by Crippen LogP contribution is 2.20. The van der Waals surface area contributed by atoms with E-state index in [4.69, 9.17) is 16.3 Å². The minimum atomic E-state index is -0.291. The van der Waals surface area contributed by atoms with Crippen LogP contribution >= 0.6 is 11.6 Å². The minimum absolute atomic E-state index is 0.0680. The monoisotopic (exact) mass is 296 g/mol. The van der Waals surface area contributed by atoms with Crippen molar-refractivity contribution in [1.82, 2.24) is 5.43 Å². The molecule has 110 valence electrons. The van der Waals surface area contributed by atoms with Gasteiger partial charge in [0, 0.05) is 16.1 Å². The van der Waals surface area contributed by atoms with Crippen molar-refractivity contribution in [2.75, 3.05) is 6.61 Å². The molecule has 0 aliphatic carbocycles. The number of carbonyl (C=O) groups is 1. The van der Waals surface area contributed by atoms with Crippen LogP contribution in [0.25, 0.3) is 0 Å². The van der Waals surface area contributed by atoms with Gasteiger partial charge in [-0.1, -0.05) is 32.4 Å². The summed E-state index contributed by atoms with van der Waals surface area (Å²) in [6.07, 6.45) is 0. The van der Waals surface area contributed by atoms with Crippen LogP contribution in [0.3, 0.4) is 0 Å². The fourth-order valence-electron chi connectivity index (χ4n) is 1.20. The van der Waals surface area contributed by atoms with Gasteiger partial charge < -0.3 is 4.74 Å². The first-order valence-electron chi connectivity index (χ1n) is 6.42. The molecule has 0 fully saturated rings. The predicted molar refractivity (Wildman–Crippen MR) is 82.4 cm³/mol. The Hall–Kier alpha value is -1.55. The number of nitrogens with zero attached hydrogens (tertiary/aromatic N) is 1. The highest BCUT2D eigenvalue weighted by Gasteiger charge is 2.14. The van der Waals surface area contributed by atoms with Crippen LogP contribution in [0.15, 0.2) is 23.3 Å². The minimum Gasteiger partial charge on any atom is -0.484 e. The van der Waals surface area contributed by atoms with Crippen molar-refractivity contribution in [2.24, 2.45) is 10.5 Å². The van der Waals surface area contributed by atoms with Gasteiger partial charge in [0.2, 0.25) is 0 Å². The molecule has 1 rings (SSSR count). The van der Waals surface area contributed by atoms with Gasteiger partial charge in [-0.25, -0.2) is 5.43 Å². The van der Waals surface area contributed by atoms with Gasteiger partial charge in [-0.05, 0) is 37.6 Å². The number of halogens is 1. The number of benzene rings is 1. The SMILES string of the molecule is CC(=NNC(=O)COc1ccc(Cl)c(C)c1)C(C)(C)C. The number of hydrogen-bond acceptors (Lipinski definition) is 3. The Balaban J connectivity index is 2.50. The van der Waals surface area contributed by atoms with Crippen molar-refractivity contribution in [2.45, 2.75) is 34.6 Å². The van der Waals surface area contributed by atoms with Crippen molar-refractivity contribution in [1.29, 1.82) is 0 Å². The first kappa shape index (κ1) is 16.5. The van der Waals surface area contributed by atoms with Gasteiger partial charge in [0.1, 0.15) is 5.75 Å². The fourth-order valence-corrected chi connectivity index (χ4v) is 1.32. The summed E-state index contributed by atoms with van der Waals surface area (Å²) in [5, 5.41) is 4.73. The van der Waals surface area contributed by atoms with Crippen LogP contribution in [-0.4, -0.2) is 18.2 Å². The summed E-state index contributed by atoms with van der Waals surface area (Å²) in [5.74, 6) is 0.319. The lowest BCUT2D eigenvalue weighted by Crippen LogP contribution is -2.28. The zero-order chi connectivity index (χ0) is 15.3. The zero-order valence-electron chi connectivity index (χ0n) is 12.6. The molecule has 0 atom stereocenters. The Labute approximate surface area is 125 Å². The number of amides is 1. The number of ether oxygens (including phenoxy) is 1. The van der Waals surface area contributed by atoms with Crippen molar-refractivity contribution in [3.63, 3.8) is 0 Å². The standard InChI is InChI=1S/C15H21ClN2O2/c1-10-8-12(6-7-13(10)16)20-9-14(19)18-17-11(2)15(3,4)5/h6-8H,9H2,1-5H3,(H,18,19). The molecule has 0 aliphatic rings. The van der Waals surface area contributed by atoms with Gasteiger partial charge in [-0.3, -0.25) is 4.79 Å². The lowest BCUT2D eigenvalue weighted by Gasteiger charge is -2.17. The van der Waals surface area contributed by atoms with Crippen LogP contribution in [0.2, 0.25) is 5.02 Å². The van der Waals surface area contributed by atoms with Gasteiger partial charge in [-0.15, -0.1) is 0 Å². The molecule has 0 aliphatic heterocycles. The van der Waals surface area contributed by atoms with E-state index in [-0.39, 0.29) is 17.9 Å². The molecule has 1 aromatic carbocycles. The Morgan fingerprint density at radius 3 is 2.60 bits per heavy atom. The smallest absolute Gasteiger partial charge is 0.277 e. The van der Waals surface area contributed by atoms with Gasteiger partial charge in [-0.2, -0.15) is 5.10 Å². The third-order valence-corrected chi connectivity index (χ3v) is 3.36. The number of hydrazone groups is 1. The molecular weight excluding hydrogens is 276 g/mol. The molecule has 4 nitrogen and oxygen atoms in total. The van der Waals surface area contributed by atoms with Gasteiger partial charge in [0.25, 0.3) is 5.91 Å². The molecule has 0 unspecified atom stereocenters. The summed E-state index contributed by atoms with van der Waals surface area (Å²) in [4.78, 5) is 11.6.